The van der Waals surface area contributed by atoms with Crippen molar-refractivity contribution in [1.82, 2.24) is 5.43 Å². The Labute approximate surface area is 164 Å². The fraction of sp³-hybridized carbons (Fsp3) is 0.111. The molecule has 0 fully saturated rings. The van der Waals surface area contributed by atoms with E-state index in [2.05, 4.69) is 15.8 Å². The van der Waals surface area contributed by atoms with Crippen molar-refractivity contribution in [2.24, 2.45) is 5.10 Å². The normalized spacial score (nSPS) is 10.4. The minimum absolute atomic E-state index is 0.173. The zero-order valence-corrected chi connectivity index (χ0v) is 15.4. The molecule has 0 saturated carbocycles. The summed E-state index contributed by atoms with van der Waals surface area (Å²) in [5.41, 5.74) is 2.99. The summed E-state index contributed by atoms with van der Waals surface area (Å²) in [7, 11) is 1.49. The molecule has 0 unspecified atom stereocenters. The highest BCUT2D eigenvalue weighted by Gasteiger charge is 2.13. The van der Waals surface area contributed by atoms with Crippen molar-refractivity contribution in [3.05, 3.63) is 53.1 Å². The van der Waals surface area contributed by atoms with E-state index in [4.69, 9.17) is 26.2 Å². The molecule has 0 spiro atoms. The number of carbonyl (C=O) groups excluding carboxylic acids is 2. The average Bonchev–Trinajstić information content (AvgIpc) is 2.67. The Morgan fingerprint density at radius 2 is 1.96 bits per heavy atom. The van der Waals surface area contributed by atoms with Crippen LogP contribution in [0.2, 0.25) is 5.02 Å². The van der Waals surface area contributed by atoms with E-state index in [1.54, 1.807) is 30.3 Å². The Hall–Kier alpha value is -3.59. The summed E-state index contributed by atoms with van der Waals surface area (Å²) in [5.74, 6) is -2.27. The smallest absolute Gasteiger partial charge is 0.341 e. The van der Waals surface area contributed by atoms with Gasteiger partial charge in [-0.2, -0.15) is 5.10 Å². The van der Waals surface area contributed by atoms with Crippen LogP contribution in [-0.2, 0) is 14.4 Å². The summed E-state index contributed by atoms with van der Waals surface area (Å²) < 4.78 is 10.0. The lowest BCUT2D eigenvalue weighted by atomic mass is 10.2. The van der Waals surface area contributed by atoms with Gasteiger partial charge >= 0.3 is 17.8 Å². The largest absolute Gasteiger partial charge is 0.497 e. The molecule has 0 atom stereocenters. The van der Waals surface area contributed by atoms with Crippen LogP contribution in [0.3, 0.4) is 0 Å². The molecule has 2 aromatic rings. The van der Waals surface area contributed by atoms with Gasteiger partial charge in [0.15, 0.2) is 6.61 Å². The van der Waals surface area contributed by atoms with Crippen molar-refractivity contribution in [2.45, 2.75) is 0 Å². The topological polar surface area (TPSA) is 126 Å². The number of halogens is 1. The van der Waals surface area contributed by atoms with Crippen LogP contribution in [0.4, 0.5) is 5.69 Å². The third-order valence-electron chi connectivity index (χ3n) is 3.22. The number of ether oxygens (including phenoxy) is 2. The van der Waals surface area contributed by atoms with Crippen molar-refractivity contribution in [3.63, 3.8) is 0 Å². The zero-order chi connectivity index (χ0) is 20.5. The third-order valence-corrected chi connectivity index (χ3v) is 3.52. The minimum atomic E-state index is -1.13. The first-order valence-corrected chi connectivity index (χ1v) is 8.19. The van der Waals surface area contributed by atoms with Gasteiger partial charge in [0.05, 0.1) is 18.3 Å². The number of amides is 2. The molecule has 0 aromatic heterocycles. The molecule has 28 heavy (non-hydrogen) atoms. The number of carbonyl (C=O) groups is 3. The van der Waals surface area contributed by atoms with Crippen molar-refractivity contribution < 1.29 is 29.0 Å². The van der Waals surface area contributed by atoms with Gasteiger partial charge in [-0.15, -0.1) is 0 Å². The first-order chi connectivity index (χ1) is 13.4. The maximum atomic E-state index is 11.9. The van der Waals surface area contributed by atoms with Gasteiger partial charge in [0.2, 0.25) is 0 Å². The molecule has 146 valence electrons. The Balaban J connectivity index is 1.90. The van der Waals surface area contributed by atoms with Crippen LogP contribution in [0.1, 0.15) is 5.56 Å². The number of anilines is 1. The number of aliphatic carboxylic acids is 1. The van der Waals surface area contributed by atoms with E-state index < -0.39 is 24.4 Å². The summed E-state index contributed by atoms with van der Waals surface area (Å²) in [6.07, 6.45) is 1.27. The quantitative estimate of drug-likeness (QED) is 0.367. The fourth-order valence-electron chi connectivity index (χ4n) is 1.96. The number of nitrogens with one attached hydrogen (secondary N) is 2. The number of hydrogen-bond donors (Lipinski definition) is 3. The van der Waals surface area contributed by atoms with Gasteiger partial charge in [-0.25, -0.2) is 10.2 Å². The Morgan fingerprint density at radius 1 is 1.18 bits per heavy atom. The van der Waals surface area contributed by atoms with Crippen LogP contribution in [0, 0.1) is 0 Å². The molecule has 0 aliphatic rings. The second-order valence-electron chi connectivity index (χ2n) is 5.26. The molecule has 2 rings (SSSR count). The summed E-state index contributed by atoms with van der Waals surface area (Å²) >= 11 is 5.98. The summed E-state index contributed by atoms with van der Waals surface area (Å²) in [5, 5.41) is 14.9. The van der Waals surface area contributed by atoms with Crippen molar-refractivity contribution in [2.75, 3.05) is 19.0 Å². The maximum Gasteiger partial charge on any atom is 0.341 e. The Bertz CT molecular complexity index is 916. The average molecular weight is 406 g/mol. The van der Waals surface area contributed by atoms with E-state index in [1.165, 1.54) is 25.5 Å². The molecular formula is C18H16ClN3O6. The number of nitrogens with zero attached hydrogens (tertiary/aromatic N) is 1. The lowest BCUT2D eigenvalue weighted by Crippen LogP contribution is -2.32. The molecule has 0 bridgehead atoms. The summed E-state index contributed by atoms with van der Waals surface area (Å²) in [6, 6.07) is 11.0. The van der Waals surface area contributed by atoms with Crippen LogP contribution < -0.4 is 20.2 Å². The molecule has 0 aliphatic heterocycles. The van der Waals surface area contributed by atoms with E-state index in [-0.39, 0.29) is 10.8 Å². The van der Waals surface area contributed by atoms with Gasteiger partial charge in [-0.3, -0.25) is 9.59 Å². The highest BCUT2D eigenvalue weighted by molar-refractivity contribution is 6.39. The number of carboxylic acid groups (broad SMARTS) is 1. The summed E-state index contributed by atoms with van der Waals surface area (Å²) in [6.45, 7) is -0.522. The third kappa shape index (κ3) is 6.29. The van der Waals surface area contributed by atoms with Crippen molar-refractivity contribution in [1.29, 1.82) is 0 Å². The van der Waals surface area contributed by atoms with E-state index in [0.29, 0.717) is 17.0 Å². The fourth-order valence-corrected chi connectivity index (χ4v) is 2.20. The monoisotopic (exact) mass is 405 g/mol. The van der Waals surface area contributed by atoms with E-state index >= 15 is 0 Å². The van der Waals surface area contributed by atoms with E-state index in [1.807, 2.05) is 0 Å². The van der Waals surface area contributed by atoms with Gasteiger partial charge in [-0.1, -0.05) is 17.7 Å². The molecule has 3 N–H and O–H groups in total. The highest BCUT2D eigenvalue weighted by atomic mass is 35.5. The molecule has 2 amide bonds. The second-order valence-corrected chi connectivity index (χ2v) is 5.66. The lowest BCUT2D eigenvalue weighted by Gasteiger charge is -2.06. The first kappa shape index (κ1) is 20.7. The molecule has 2 aromatic carbocycles. The zero-order valence-electron chi connectivity index (χ0n) is 14.6. The second kappa shape index (κ2) is 9.93. The molecule has 0 heterocycles. The van der Waals surface area contributed by atoms with Crippen LogP contribution >= 0.6 is 11.6 Å². The Kier molecular flexibility index (Phi) is 7.35. The molecular weight excluding hydrogens is 390 g/mol. The van der Waals surface area contributed by atoms with Gasteiger partial charge in [-0.05, 0) is 35.9 Å². The van der Waals surface area contributed by atoms with Gasteiger partial charge in [0.1, 0.15) is 11.5 Å². The highest BCUT2D eigenvalue weighted by Crippen LogP contribution is 2.24. The number of benzene rings is 2. The standard InChI is InChI=1S/C18H16ClN3O6/c1-27-13-4-2-3-12(8-13)21-17(25)18(26)22-20-9-11-5-6-15(14(19)7-11)28-10-16(23)24/h2-9H,10H2,1H3,(H,21,25)(H,22,26)(H,23,24)/b20-9-. The molecule has 0 radical (unpaired) electrons. The first-order valence-electron chi connectivity index (χ1n) is 7.81. The number of rotatable bonds is 7. The van der Waals surface area contributed by atoms with E-state index in [0.717, 1.165) is 0 Å². The predicted octanol–water partition coefficient (Wildman–Crippen LogP) is 1.90. The minimum Gasteiger partial charge on any atom is -0.497 e. The molecule has 0 aliphatic carbocycles. The van der Waals surface area contributed by atoms with Crippen LogP contribution in [0.5, 0.6) is 11.5 Å². The number of hydrogen-bond acceptors (Lipinski definition) is 6. The Morgan fingerprint density at radius 3 is 2.64 bits per heavy atom. The lowest BCUT2D eigenvalue weighted by molar-refractivity contribution is -0.139. The van der Waals surface area contributed by atoms with Crippen molar-refractivity contribution >= 4 is 41.3 Å². The molecule has 9 nitrogen and oxygen atoms in total. The predicted molar refractivity (Wildman–Crippen MR) is 102 cm³/mol. The van der Waals surface area contributed by atoms with Gasteiger partial charge in [0, 0.05) is 11.8 Å². The maximum absolute atomic E-state index is 11.9. The SMILES string of the molecule is COc1cccc(NC(=O)C(=O)N/N=C\c2ccc(OCC(=O)O)c(Cl)c2)c1. The summed E-state index contributed by atoms with van der Waals surface area (Å²) in [4.78, 5) is 34.1. The molecule has 10 heteroatoms. The van der Waals surface area contributed by atoms with Crippen LogP contribution in [-0.4, -0.2) is 42.8 Å². The van der Waals surface area contributed by atoms with Crippen LogP contribution in [0.15, 0.2) is 47.6 Å². The number of carboxylic acids is 1. The van der Waals surface area contributed by atoms with Gasteiger partial charge < -0.3 is 19.9 Å². The van der Waals surface area contributed by atoms with Gasteiger partial charge in [0.25, 0.3) is 0 Å². The molecule has 0 saturated heterocycles. The number of hydrazone groups is 1. The van der Waals surface area contributed by atoms with Crippen LogP contribution in [0.25, 0.3) is 0 Å². The van der Waals surface area contributed by atoms with E-state index in [9.17, 15) is 14.4 Å². The number of methoxy groups -OCH3 is 1. The van der Waals surface area contributed by atoms with Crippen molar-refractivity contribution in [3.8, 4) is 11.5 Å².